The molecule has 15 heavy (non-hydrogen) atoms. The summed E-state index contributed by atoms with van der Waals surface area (Å²) in [5.41, 5.74) is 7.33. The highest BCUT2D eigenvalue weighted by Crippen LogP contribution is 2.14. The molecule has 2 heterocycles. The molecule has 2 rings (SSSR count). The van der Waals surface area contributed by atoms with Crippen molar-refractivity contribution >= 4 is 11.4 Å². The van der Waals surface area contributed by atoms with E-state index in [1.807, 2.05) is 16.8 Å². The molecule has 2 aromatic heterocycles. The maximum absolute atomic E-state index is 5.74. The van der Waals surface area contributed by atoms with Crippen molar-refractivity contribution in [1.29, 1.82) is 0 Å². The van der Waals surface area contributed by atoms with Gasteiger partial charge in [0.1, 0.15) is 0 Å². The monoisotopic (exact) mass is 203 g/mol. The molecule has 0 spiro atoms. The van der Waals surface area contributed by atoms with E-state index >= 15 is 0 Å². The van der Waals surface area contributed by atoms with E-state index in [2.05, 4.69) is 15.3 Å². The summed E-state index contributed by atoms with van der Waals surface area (Å²) in [7, 11) is 0. The summed E-state index contributed by atoms with van der Waals surface area (Å²) in [6, 6.07) is 1.86. The van der Waals surface area contributed by atoms with E-state index in [-0.39, 0.29) is 0 Å². The van der Waals surface area contributed by atoms with Crippen molar-refractivity contribution in [3.05, 3.63) is 37.2 Å². The Balaban J connectivity index is 1.86. The molecule has 5 heteroatoms. The lowest BCUT2D eigenvalue weighted by molar-refractivity contribution is 0.727. The van der Waals surface area contributed by atoms with Gasteiger partial charge in [0.2, 0.25) is 0 Å². The molecule has 3 N–H and O–H groups in total. The van der Waals surface area contributed by atoms with Gasteiger partial charge in [-0.05, 0) is 6.07 Å². The third kappa shape index (κ3) is 2.46. The average molecular weight is 203 g/mol. The number of nitrogen functional groups attached to an aromatic ring is 1. The van der Waals surface area contributed by atoms with Crippen LogP contribution in [-0.4, -0.2) is 21.1 Å². The normalized spacial score (nSPS) is 10.1. The standard InChI is InChI=1S/C10H13N5/c11-9-7-12-2-1-10(9)14-4-6-15-5-3-13-8-15/h1-3,5,7-8H,4,6,11H2,(H,12,14). The highest BCUT2D eigenvalue weighted by Gasteiger charge is 1.96. The number of rotatable bonds is 4. The summed E-state index contributed by atoms with van der Waals surface area (Å²) in [5, 5.41) is 3.24. The Bertz CT molecular complexity index is 410. The topological polar surface area (TPSA) is 68.8 Å². The van der Waals surface area contributed by atoms with E-state index in [0.717, 1.165) is 18.8 Å². The zero-order chi connectivity index (χ0) is 10.5. The van der Waals surface area contributed by atoms with Crippen molar-refractivity contribution in [2.45, 2.75) is 6.54 Å². The second-order valence-corrected chi connectivity index (χ2v) is 3.19. The Morgan fingerprint density at radius 2 is 2.27 bits per heavy atom. The number of hydrogen-bond acceptors (Lipinski definition) is 4. The van der Waals surface area contributed by atoms with Crippen molar-refractivity contribution < 1.29 is 0 Å². The number of nitrogens with two attached hydrogens (primary N) is 1. The molecule has 0 bridgehead atoms. The molecule has 0 amide bonds. The lowest BCUT2D eigenvalue weighted by Crippen LogP contribution is -2.10. The molecule has 5 nitrogen and oxygen atoms in total. The Morgan fingerprint density at radius 1 is 1.33 bits per heavy atom. The van der Waals surface area contributed by atoms with Gasteiger partial charge >= 0.3 is 0 Å². The van der Waals surface area contributed by atoms with Crippen LogP contribution >= 0.6 is 0 Å². The van der Waals surface area contributed by atoms with Gasteiger partial charge in [0.05, 0.1) is 23.9 Å². The van der Waals surface area contributed by atoms with Crippen LogP contribution in [0.15, 0.2) is 37.2 Å². The van der Waals surface area contributed by atoms with Crippen LogP contribution in [-0.2, 0) is 6.54 Å². The van der Waals surface area contributed by atoms with Gasteiger partial charge in [-0.25, -0.2) is 4.98 Å². The molecule has 0 aromatic carbocycles. The molecule has 0 aliphatic heterocycles. The minimum Gasteiger partial charge on any atom is -0.396 e. The van der Waals surface area contributed by atoms with Gasteiger partial charge in [0.15, 0.2) is 0 Å². The molecular formula is C10H13N5. The second kappa shape index (κ2) is 4.45. The molecule has 0 aliphatic rings. The Kier molecular flexibility index (Phi) is 2.82. The third-order valence-corrected chi connectivity index (χ3v) is 2.10. The van der Waals surface area contributed by atoms with E-state index in [1.165, 1.54) is 0 Å². The van der Waals surface area contributed by atoms with Crippen molar-refractivity contribution in [3.8, 4) is 0 Å². The summed E-state index contributed by atoms with van der Waals surface area (Å²) < 4.78 is 2.00. The maximum atomic E-state index is 5.74. The van der Waals surface area contributed by atoms with E-state index < -0.39 is 0 Å². The highest BCUT2D eigenvalue weighted by molar-refractivity contribution is 5.63. The Labute approximate surface area is 88.0 Å². The van der Waals surface area contributed by atoms with Gasteiger partial charge < -0.3 is 15.6 Å². The predicted octanol–water partition coefficient (Wildman–Crippen LogP) is 0.972. The smallest absolute Gasteiger partial charge is 0.0946 e. The fourth-order valence-electron chi connectivity index (χ4n) is 1.31. The van der Waals surface area contributed by atoms with Crippen LogP contribution in [0.25, 0.3) is 0 Å². The first-order valence-electron chi connectivity index (χ1n) is 4.75. The molecule has 0 saturated heterocycles. The molecule has 0 saturated carbocycles. The van der Waals surface area contributed by atoms with E-state index in [9.17, 15) is 0 Å². The van der Waals surface area contributed by atoms with Crippen molar-refractivity contribution in [2.75, 3.05) is 17.6 Å². The fraction of sp³-hybridized carbons (Fsp3) is 0.200. The molecule has 2 aromatic rings. The van der Waals surface area contributed by atoms with Crippen molar-refractivity contribution in [2.24, 2.45) is 0 Å². The van der Waals surface area contributed by atoms with Gasteiger partial charge in [-0.3, -0.25) is 4.98 Å². The SMILES string of the molecule is Nc1cnccc1NCCn1ccnc1. The van der Waals surface area contributed by atoms with Gasteiger partial charge in [0, 0.05) is 31.7 Å². The first-order chi connectivity index (χ1) is 7.36. The first kappa shape index (κ1) is 9.51. The van der Waals surface area contributed by atoms with Crippen LogP contribution in [0.2, 0.25) is 0 Å². The Hall–Kier alpha value is -2.04. The van der Waals surface area contributed by atoms with E-state index in [0.29, 0.717) is 5.69 Å². The van der Waals surface area contributed by atoms with Crippen LogP contribution in [0, 0.1) is 0 Å². The third-order valence-electron chi connectivity index (χ3n) is 2.10. The van der Waals surface area contributed by atoms with Gasteiger partial charge in [-0.1, -0.05) is 0 Å². The summed E-state index contributed by atoms with van der Waals surface area (Å²) in [6.07, 6.45) is 8.84. The van der Waals surface area contributed by atoms with E-state index in [4.69, 9.17) is 5.73 Å². The number of aromatic nitrogens is 3. The molecule has 0 radical (unpaired) electrons. The maximum Gasteiger partial charge on any atom is 0.0946 e. The van der Waals surface area contributed by atoms with Crippen LogP contribution in [0.4, 0.5) is 11.4 Å². The predicted molar refractivity (Wildman–Crippen MR) is 59.4 cm³/mol. The molecule has 78 valence electrons. The van der Waals surface area contributed by atoms with Crippen molar-refractivity contribution in [3.63, 3.8) is 0 Å². The Morgan fingerprint density at radius 3 is 3.00 bits per heavy atom. The molecular weight excluding hydrogens is 190 g/mol. The average Bonchev–Trinajstić information content (AvgIpc) is 2.74. The first-order valence-corrected chi connectivity index (χ1v) is 4.75. The number of anilines is 2. The number of nitrogens with one attached hydrogen (secondary N) is 1. The summed E-state index contributed by atoms with van der Waals surface area (Å²) in [4.78, 5) is 7.89. The van der Waals surface area contributed by atoms with Crippen LogP contribution in [0.1, 0.15) is 0 Å². The minimum atomic E-state index is 0.670. The summed E-state index contributed by atoms with van der Waals surface area (Å²) >= 11 is 0. The molecule has 0 aliphatic carbocycles. The zero-order valence-electron chi connectivity index (χ0n) is 8.30. The molecule has 0 unspecified atom stereocenters. The van der Waals surface area contributed by atoms with Crippen LogP contribution < -0.4 is 11.1 Å². The summed E-state index contributed by atoms with van der Waals surface area (Å²) in [6.45, 7) is 1.67. The van der Waals surface area contributed by atoms with Crippen LogP contribution in [0.5, 0.6) is 0 Å². The highest BCUT2D eigenvalue weighted by atomic mass is 15.0. The fourth-order valence-corrected chi connectivity index (χ4v) is 1.31. The van der Waals surface area contributed by atoms with Gasteiger partial charge in [-0.2, -0.15) is 0 Å². The second-order valence-electron chi connectivity index (χ2n) is 3.19. The largest absolute Gasteiger partial charge is 0.396 e. The quantitative estimate of drug-likeness (QED) is 0.777. The molecule has 0 atom stereocenters. The van der Waals surface area contributed by atoms with E-state index in [1.54, 1.807) is 24.9 Å². The van der Waals surface area contributed by atoms with Crippen molar-refractivity contribution in [1.82, 2.24) is 14.5 Å². The van der Waals surface area contributed by atoms with Gasteiger partial charge in [-0.15, -0.1) is 0 Å². The zero-order valence-corrected chi connectivity index (χ0v) is 8.30. The van der Waals surface area contributed by atoms with Crippen LogP contribution in [0.3, 0.4) is 0 Å². The minimum absolute atomic E-state index is 0.670. The number of pyridine rings is 1. The number of hydrogen-bond donors (Lipinski definition) is 2. The summed E-state index contributed by atoms with van der Waals surface area (Å²) in [5.74, 6) is 0. The lowest BCUT2D eigenvalue weighted by Gasteiger charge is -2.08. The van der Waals surface area contributed by atoms with Gasteiger partial charge in [0.25, 0.3) is 0 Å². The molecule has 0 fully saturated rings. The number of imidazole rings is 1. The lowest BCUT2D eigenvalue weighted by atomic mass is 10.3. The number of nitrogens with zero attached hydrogens (tertiary/aromatic N) is 3.